The number of halogens is 2. The molecule has 3 aromatic rings. The zero-order valence-electron chi connectivity index (χ0n) is 19.6. The number of aliphatic hydroxyl groups excluding tert-OH is 1. The van der Waals surface area contributed by atoms with Crippen LogP contribution in [0.2, 0.25) is 5.02 Å². The van der Waals surface area contributed by atoms with E-state index in [0.29, 0.717) is 29.1 Å². The summed E-state index contributed by atoms with van der Waals surface area (Å²) in [5.41, 5.74) is 0.503. The molecule has 1 N–H and O–H groups in total. The Labute approximate surface area is 207 Å². The van der Waals surface area contributed by atoms with Gasteiger partial charge in [-0.25, -0.2) is 4.39 Å². The molecule has 1 saturated carbocycles. The van der Waals surface area contributed by atoms with Crippen LogP contribution in [0.25, 0.3) is 10.9 Å². The summed E-state index contributed by atoms with van der Waals surface area (Å²) < 4.78 is 21.5. The molecule has 2 heterocycles. The second-order valence-corrected chi connectivity index (χ2v) is 9.91. The number of esters is 1. The van der Waals surface area contributed by atoms with Gasteiger partial charge in [-0.1, -0.05) is 29.8 Å². The molecule has 9 heteroatoms. The number of carbonyl (C=O) groups excluding carboxylic acids is 2. The van der Waals surface area contributed by atoms with Crippen LogP contribution in [0.4, 0.5) is 10.2 Å². The summed E-state index contributed by atoms with van der Waals surface area (Å²) in [4.78, 5) is 27.9. The van der Waals surface area contributed by atoms with Gasteiger partial charge >= 0.3 is 5.97 Å². The van der Waals surface area contributed by atoms with Crippen molar-refractivity contribution in [3.05, 3.63) is 58.4 Å². The summed E-state index contributed by atoms with van der Waals surface area (Å²) in [6.07, 6.45) is 1.22. The lowest BCUT2D eigenvalue weighted by Crippen LogP contribution is -2.54. The SMILES string of the molecule is CCOC(=O)C1(C)CCN(c2nn(C(=O)c3c(Cl)cccc3C3CC3)c3cccc(F)c23)CC1O. The Kier molecular flexibility index (Phi) is 6.05. The molecule has 0 spiro atoms. The van der Waals surface area contributed by atoms with Crippen LogP contribution in [0.5, 0.6) is 0 Å². The molecular weight excluding hydrogens is 473 g/mol. The maximum atomic E-state index is 15.1. The zero-order chi connectivity index (χ0) is 24.9. The van der Waals surface area contributed by atoms with Crippen molar-refractivity contribution in [3.63, 3.8) is 0 Å². The summed E-state index contributed by atoms with van der Waals surface area (Å²) >= 11 is 6.47. The maximum Gasteiger partial charge on any atom is 0.314 e. The average molecular weight is 500 g/mol. The number of hydrogen-bond donors (Lipinski definition) is 1. The van der Waals surface area contributed by atoms with Crippen LogP contribution < -0.4 is 4.90 Å². The van der Waals surface area contributed by atoms with E-state index in [-0.39, 0.29) is 30.3 Å². The fourth-order valence-electron chi connectivity index (χ4n) is 4.85. The minimum absolute atomic E-state index is 0.0450. The third-order valence-corrected chi connectivity index (χ3v) is 7.49. The first-order chi connectivity index (χ1) is 16.8. The second kappa shape index (κ2) is 8.91. The molecule has 1 aromatic heterocycles. The van der Waals surface area contributed by atoms with E-state index in [1.54, 1.807) is 30.9 Å². The first-order valence-corrected chi connectivity index (χ1v) is 12.2. The summed E-state index contributed by atoms with van der Waals surface area (Å²) in [5.74, 6) is -0.880. The molecule has 1 aliphatic heterocycles. The van der Waals surface area contributed by atoms with Crippen molar-refractivity contribution in [3.8, 4) is 0 Å². The fourth-order valence-corrected chi connectivity index (χ4v) is 5.12. The van der Waals surface area contributed by atoms with Gasteiger partial charge in [0.05, 0.1) is 39.6 Å². The highest BCUT2D eigenvalue weighted by molar-refractivity contribution is 6.34. The molecule has 2 atom stereocenters. The molecule has 1 saturated heterocycles. The molecule has 35 heavy (non-hydrogen) atoms. The van der Waals surface area contributed by atoms with Crippen molar-refractivity contribution in [1.29, 1.82) is 0 Å². The number of nitrogens with zero attached hydrogens (tertiary/aromatic N) is 3. The molecule has 5 rings (SSSR count). The molecule has 184 valence electrons. The van der Waals surface area contributed by atoms with Crippen LogP contribution in [0.1, 0.15) is 54.9 Å². The highest BCUT2D eigenvalue weighted by Crippen LogP contribution is 2.44. The smallest absolute Gasteiger partial charge is 0.314 e. The molecule has 0 amide bonds. The van der Waals surface area contributed by atoms with Crippen molar-refractivity contribution < 1.29 is 23.8 Å². The molecule has 0 radical (unpaired) electrons. The average Bonchev–Trinajstić information content (AvgIpc) is 3.60. The molecule has 2 aromatic carbocycles. The number of aromatic nitrogens is 2. The zero-order valence-corrected chi connectivity index (χ0v) is 20.4. The van der Waals surface area contributed by atoms with Gasteiger partial charge in [-0.2, -0.15) is 4.68 Å². The van der Waals surface area contributed by atoms with E-state index < -0.39 is 29.2 Å². The minimum Gasteiger partial charge on any atom is -0.465 e. The van der Waals surface area contributed by atoms with E-state index in [1.165, 1.54) is 16.8 Å². The van der Waals surface area contributed by atoms with Gasteiger partial charge in [0.15, 0.2) is 5.82 Å². The van der Waals surface area contributed by atoms with Crippen LogP contribution in [0.3, 0.4) is 0 Å². The van der Waals surface area contributed by atoms with Crippen molar-refractivity contribution in [2.75, 3.05) is 24.6 Å². The Morgan fingerprint density at radius 3 is 2.69 bits per heavy atom. The quantitative estimate of drug-likeness (QED) is 0.519. The number of rotatable bonds is 5. The molecular formula is C26H27ClFN3O4. The van der Waals surface area contributed by atoms with Gasteiger partial charge in [0.1, 0.15) is 5.82 Å². The number of carbonyl (C=O) groups is 2. The third kappa shape index (κ3) is 3.98. The van der Waals surface area contributed by atoms with Gasteiger partial charge in [-0.3, -0.25) is 9.59 Å². The van der Waals surface area contributed by atoms with Crippen LogP contribution in [-0.4, -0.2) is 52.6 Å². The van der Waals surface area contributed by atoms with E-state index in [2.05, 4.69) is 5.10 Å². The van der Waals surface area contributed by atoms with Crippen molar-refractivity contribution in [2.45, 2.75) is 45.1 Å². The fraction of sp³-hybridized carbons (Fsp3) is 0.423. The number of hydrogen-bond acceptors (Lipinski definition) is 6. The number of aliphatic hydroxyl groups is 1. The second-order valence-electron chi connectivity index (χ2n) is 9.50. The van der Waals surface area contributed by atoms with E-state index in [1.807, 2.05) is 12.1 Å². The number of piperidine rings is 1. The molecule has 2 fully saturated rings. The lowest BCUT2D eigenvalue weighted by Gasteiger charge is -2.41. The Bertz CT molecular complexity index is 1320. The predicted octanol–water partition coefficient (Wildman–Crippen LogP) is 4.54. The van der Waals surface area contributed by atoms with E-state index >= 15 is 4.39 Å². The number of β-amino-alcohol motifs (C(OH)–C–C–N with tert-alkyl or cyclic N) is 1. The lowest BCUT2D eigenvalue weighted by molar-refractivity contribution is -0.162. The van der Waals surface area contributed by atoms with Gasteiger partial charge in [0.25, 0.3) is 5.91 Å². The Morgan fingerprint density at radius 1 is 1.26 bits per heavy atom. The Hall–Kier alpha value is -2.97. The molecule has 7 nitrogen and oxygen atoms in total. The van der Waals surface area contributed by atoms with Gasteiger partial charge in [0.2, 0.25) is 0 Å². The summed E-state index contributed by atoms with van der Waals surface area (Å²) in [6.45, 7) is 3.99. The topological polar surface area (TPSA) is 84.7 Å². The van der Waals surface area contributed by atoms with Gasteiger partial charge in [0, 0.05) is 13.1 Å². The van der Waals surface area contributed by atoms with Gasteiger partial charge < -0.3 is 14.7 Å². The van der Waals surface area contributed by atoms with Crippen molar-refractivity contribution in [2.24, 2.45) is 5.41 Å². The third-order valence-electron chi connectivity index (χ3n) is 7.18. The van der Waals surface area contributed by atoms with Crippen molar-refractivity contribution >= 4 is 40.2 Å². The summed E-state index contributed by atoms with van der Waals surface area (Å²) in [7, 11) is 0. The monoisotopic (exact) mass is 499 g/mol. The minimum atomic E-state index is -1.07. The highest BCUT2D eigenvalue weighted by Gasteiger charge is 2.46. The van der Waals surface area contributed by atoms with E-state index in [4.69, 9.17) is 16.3 Å². The first-order valence-electron chi connectivity index (χ1n) is 11.9. The lowest BCUT2D eigenvalue weighted by atomic mass is 9.78. The van der Waals surface area contributed by atoms with Crippen LogP contribution >= 0.6 is 11.6 Å². The molecule has 0 bridgehead atoms. The normalized spacial score (nSPS) is 22.4. The Balaban J connectivity index is 1.55. The predicted molar refractivity (Wildman–Crippen MR) is 130 cm³/mol. The number of ether oxygens (including phenoxy) is 1. The molecule has 1 aliphatic carbocycles. The van der Waals surface area contributed by atoms with Gasteiger partial charge in [-0.15, -0.1) is 5.10 Å². The van der Waals surface area contributed by atoms with Crippen LogP contribution in [-0.2, 0) is 9.53 Å². The van der Waals surface area contributed by atoms with Crippen molar-refractivity contribution in [1.82, 2.24) is 9.78 Å². The van der Waals surface area contributed by atoms with Gasteiger partial charge in [-0.05, 0) is 62.8 Å². The first kappa shape index (κ1) is 23.8. The number of benzene rings is 2. The number of anilines is 1. The van der Waals surface area contributed by atoms with E-state index in [0.717, 1.165) is 18.4 Å². The highest BCUT2D eigenvalue weighted by atomic mass is 35.5. The maximum absolute atomic E-state index is 15.1. The molecule has 2 unspecified atom stereocenters. The van der Waals surface area contributed by atoms with E-state index in [9.17, 15) is 14.7 Å². The summed E-state index contributed by atoms with van der Waals surface area (Å²) in [6, 6.07) is 9.89. The van der Waals surface area contributed by atoms with Crippen LogP contribution in [0.15, 0.2) is 36.4 Å². The summed E-state index contributed by atoms with van der Waals surface area (Å²) in [5, 5.41) is 15.9. The standard InChI is InChI=1S/C26H27ClFN3O4/c1-3-35-25(34)26(2)12-13-30(14-20(26)32)23-22-18(28)8-5-9-19(22)31(29-23)24(33)21-16(15-10-11-15)6-4-7-17(21)27/h4-9,15,20,32H,3,10-14H2,1-2H3. The molecule has 2 aliphatic rings. The van der Waals surface area contributed by atoms with Crippen LogP contribution in [0, 0.1) is 11.2 Å². The largest absolute Gasteiger partial charge is 0.465 e. The number of fused-ring (bicyclic) bond motifs is 1. The Morgan fingerprint density at radius 2 is 2.00 bits per heavy atom.